The topological polar surface area (TPSA) is 92.2 Å². The molecule has 2 aromatic carbocycles. The molecule has 28 heavy (non-hydrogen) atoms. The average molecular weight is 426 g/mol. The molecule has 0 unspecified atom stereocenters. The molecule has 0 saturated carbocycles. The highest BCUT2D eigenvalue weighted by Crippen LogP contribution is 2.38. The van der Waals surface area contributed by atoms with Crippen LogP contribution in [0.15, 0.2) is 50.5 Å². The van der Waals surface area contributed by atoms with E-state index in [-0.39, 0.29) is 29.3 Å². The zero-order valence-electron chi connectivity index (χ0n) is 13.3. The quantitative estimate of drug-likeness (QED) is 0.621. The molecule has 2 N–H and O–H groups in total. The van der Waals surface area contributed by atoms with Crippen LogP contribution in [-0.4, -0.2) is 13.4 Å². The molecule has 3 aromatic rings. The molecule has 0 amide bonds. The number of benzene rings is 2. The van der Waals surface area contributed by atoms with Gasteiger partial charge in [-0.15, -0.1) is 0 Å². The highest BCUT2D eigenvalue weighted by Gasteiger charge is 2.37. The Morgan fingerprint density at radius 2 is 1.46 bits per heavy atom. The maximum absolute atomic E-state index is 12.9. The molecule has 6 nitrogen and oxygen atoms in total. The summed E-state index contributed by atoms with van der Waals surface area (Å²) >= 11 is 0. The highest BCUT2D eigenvalue weighted by molar-refractivity contribution is 7.92. The molecule has 0 aliphatic heterocycles. The van der Waals surface area contributed by atoms with Crippen molar-refractivity contribution in [2.24, 2.45) is 0 Å². The van der Waals surface area contributed by atoms with Crippen LogP contribution in [0.5, 0.6) is 0 Å². The van der Waals surface area contributed by atoms with Gasteiger partial charge in [0.1, 0.15) is 0 Å². The molecule has 0 aliphatic rings. The van der Waals surface area contributed by atoms with Gasteiger partial charge < -0.3 is 4.42 Å². The molecular formula is C15H8F6N2O4S. The van der Waals surface area contributed by atoms with Gasteiger partial charge >= 0.3 is 18.1 Å². The number of alkyl halides is 6. The van der Waals surface area contributed by atoms with Crippen LogP contribution in [-0.2, 0) is 22.4 Å². The van der Waals surface area contributed by atoms with Gasteiger partial charge in [0.15, 0.2) is 5.58 Å². The minimum absolute atomic E-state index is 0.127. The summed E-state index contributed by atoms with van der Waals surface area (Å²) in [6.07, 6.45) is -10.3. The van der Waals surface area contributed by atoms with Crippen molar-refractivity contribution >= 4 is 26.8 Å². The molecule has 0 radical (unpaired) electrons. The van der Waals surface area contributed by atoms with E-state index >= 15 is 0 Å². The minimum atomic E-state index is -5.13. The zero-order chi connectivity index (χ0) is 20.9. The smallest absolute Gasteiger partial charge is 0.408 e. The fourth-order valence-electron chi connectivity index (χ4n) is 2.32. The zero-order valence-corrected chi connectivity index (χ0v) is 14.1. The van der Waals surface area contributed by atoms with Crippen LogP contribution in [0.3, 0.4) is 0 Å². The van der Waals surface area contributed by atoms with Crippen LogP contribution in [0.2, 0.25) is 0 Å². The van der Waals surface area contributed by atoms with Crippen molar-refractivity contribution in [2.75, 3.05) is 4.72 Å². The Balaban J connectivity index is 2.06. The first kappa shape index (κ1) is 19.8. The van der Waals surface area contributed by atoms with E-state index in [0.717, 1.165) is 18.2 Å². The lowest BCUT2D eigenvalue weighted by Gasteiger charge is -2.15. The summed E-state index contributed by atoms with van der Waals surface area (Å²) in [7, 11) is -4.58. The number of anilines is 1. The molecule has 0 bridgehead atoms. The lowest BCUT2D eigenvalue weighted by molar-refractivity contribution is -0.143. The number of hydrogen-bond acceptors (Lipinski definition) is 4. The minimum Gasteiger partial charge on any atom is -0.408 e. The lowest BCUT2D eigenvalue weighted by atomic mass is 10.1. The summed E-state index contributed by atoms with van der Waals surface area (Å²) in [6.45, 7) is 0. The second-order valence-corrected chi connectivity index (χ2v) is 7.25. The fourth-order valence-corrected chi connectivity index (χ4v) is 3.38. The first-order valence-electron chi connectivity index (χ1n) is 7.21. The Bertz CT molecular complexity index is 1180. The second-order valence-electron chi connectivity index (χ2n) is 5.57. The Hall–Kier alpha value is -2.96. The van der Waals surface area contributed by atoms with E-state index in [4.69, 9.17) is 0 Å². The number of aromatic nitrogens is 1. The van der Waals surface area contributed by atoms with Gasteiger partial charge in [-0.05, 0) is 30.3 Å². The number of rotatable bonds is 3. The first-order valence-corrected chi connectivity index (χ1v) is 8.69. The normalized spacial score (nSPS) is 13.1. The molecule has 0 fully saturated rings. The molecule has 0 atom stereocenters. The molecule has 1 aromatic heterocycles. The van der Waals surface area contributed by atoms with Gasteiger partial charge in [0.25, 0.3) is 10.0 Å². The van der Waals surface area contributed by atoms with Crippen LogP contribution in [0, 0.1) is 0 Å². The highest BCUT2D eigenvalue weighted by atomic mass is 32.2. The molecule has 150 valence electrons. The van der Waals surface area contributed by atoms with Gasteiger partial charge in [0.2, 0.25) is 0 Å². The van der Waals surface area contributed by atoms with Crippen LogP contribution in [0.1, 0.15) is 11.1 Å². The predicted octanol–water partition coefficient (Wildman–Crippen LogP) is 3.96. The molecular weight excluding hydrogens is 418 g/mol. The van der Waals surface area contributed by atoms with Gasteiger partial charge in [-0.25, -0.2) is 13.2 Å². The summed E-state index contributed by atoms with van der Waals surface area (Å²) in [5, 5.41) is 0. The third-order valence-corrected chi connectivity index (χ3v) is 4.92. The number of halogens is 6. The van der Waals surface area contributed by atoms with Gasteiger partial charge in [-0.2, -0.15) is 26.3 Å². The number of sulfonamides is 1. The maximum atomic E-state index is 12.9. The van der Waals surface area contributed by atoms with Crippen LogP contribution >= 0.6 is 0 Å². The number of fused-ring (bicyclic) bond motifs is 1. The lowest BCUT2D eigenvalue weighted by Crippen LogP contribution is -2.16. The van der Waals surface area contributed by atoms with Crippen molar-refractivity contribution in [1.82, 2.24) is 4.98 Å². The summed E-state index contributed by atoms with van der Waals surface area (Å²) in [6, 6.07) is 3.39. The Morgan fingerprint density at radius 3 is 2.00 bits per heavy atom. The summed E-state index contributed by atoms with van der Waals surface area (Å²) in [5.41, 5.74) is -4.28. The van der Waals surface area contributed by atoms with Crippen LogP contribution < -0.4 is 10.5 Å². The Morgan fingerprint density at radius 1 is 0.893 bits per heavy atom. The van der Waals surface area contributed by atoms with Crippen LogP contribution in [0.4, 0.5) is 32.0 Å². The van der Waals surface area contributed by atoms with Crippen molar-refractivity contribution < 1.29 is 39.2 Å². The van der Waals surface area contributed by atoms with Crippen molar-refractivity contribution in [3.63, 3.8) is 0 Å². The summed E-state index contributed by atoms with van der Waals surface area (Å²) in [4.78, 5) is 12.8. The molecule has 0 aliphatic carbocycles. The number of H-pyrrole nitrogens is 1. The molecule has 3 rings (SSSR count). The number of nitrogens with one attached hydrogen (secondary N) is 2. The number of hydrogen-bond donors (Lipinski definition) is 2. The standard InChI is InChI=1S/C15H8F6N2O4S/c16-14(17,18)7-3-8(15(19,20)21)5-9(4-7)23-28(25,26)10-1-2-11-12(6-10)27-13(24)22-11/h1-6,23H,(H,22,24). The van der Waals surface area contributed by atoms with E-state index in [9.17, 15) is 39.6 Å². The van der Waals surface area contributed by atoms with Crippen molar-refractivity contribution in [2.45, 2.75) is 17.2 Å². The average Bonchev–Trinajstić information content (AvgIpc) is 2.91. The van der Waals surface area contributed by atoms with Crippen molar-refractivity contribution in [3.05, 3.63) is 58.1 Å². The SMILES string of the molecule is O=c1[nH]c2ccc(S(=O)(=O)Nc3cc(C(F)(F)F)cc(C(F)(F)F)c3)cc2o1. The van der Waals surface area contributed by atoms with E-state index < -0.39 is 49.8 Å². The van der Waals surface area contributed by atoms with E-state index in [1.165, 1.54) is 0 Å². The van der Waals surface area contributed by atoms with Crippen molar-refractivity contribution in [1.29, 1.82) is 0 Å². The van der Waals surface area contributed by atoms with E-state index in [0.29, 0.717) is 0 Å². The fraction of sp³-hybridized carbons (Fsp3) is 0.133. The van der Waals surface area contributed by atoms with Crippen LogP contribution in [0.25, 0.3) is 11.1 Å². The third kappa shape index (κ3) is 3.98. The number of oxazole rings is 1. The van der Waals surface area contributed by atoms with Gasteiger partial charge in [-0.3, -0.25) is 9.71 Å². The maximum Gasteiger partial charge on any atom is 0.417 e. The first-order chi connectivity index (χ1) is 12.8. The van der Waals surface area contributed by atoms with Gasteiger partial charge in [-0.1, -0.05) is 0 Å². The van der Waals surface area contributed by atoms with Gasteiger partial charge in [0.05, 0.1) is 27.2 Å². The monoisotopic (exact) mass is 426 g/mol. The predicted molar refractivity (Wildman–Crippen MR) is 84.1 cm³/mol. The Kier molecular flexibility index (Phi) is 4.45. The van der Waals surface area contributed by atoms with E-state index in [2.05, 4.69) is 9.40 Å². The summed E-state index contributed by atoms with van der Waals surface area (Å²) in [5.74, 6) is -0.870. The largest absolute Gasteiger partial charge is 0.417 e. The second kappa shape index (κ2) is 6.29. The molecule has 1 heterocycles. The molecule has 13 heteroatoms. The molecule has 0 spiro atoms. The summed E-state index contributed by atoms with van der Waals surface area (Å²) < 4.78 is 108. The number of aromatic amines is 1. The van der Waals surface area contributed by atoms with E-state index in [1.54, 1.807) is 4.72 Å². The van der Waals surface area contributed by atoms with Gasteiger partial charge in [0, 0.05) is 6.07 Å². The molecule has 0 saturated heterocycles. The third-order valence-electron chi connectivity index (χ3n) is 3.54. The van der Waals surface area contributed by atoms with E-state index in [1.807, 2.05) is 0 Å². The Labute approximate surface area is 151 Å². The van der Waals surface area contributed by atoms with Crippen molar-refractivity contribution in [3.8, 4) is 0 Å².